The van der Waals surface area contributed by atoms with Gasteiger partial charge in [0.15, 0.2) is 0 Å². The average molecular weight is 308 g/mol. The smallest absolute Gasteiger partial charge is 0.0835 e. The van der Waals surface area contributed by atoms with Crippen molar-refractivity contribution >= 4 is 11.3 Å². The summed E-state index contributed by atoms with van der Waals surface area (Å²) in [6, 6.07) is 2.96. The molecule has 2 saturated heterocycles. The fourth-order valence-corrected chi connectivity index (χ4v) is 4.70. The Bertz CT molecular complexity index is 432. The van der Waals surface area contributed by atoms with E-state index in [-0.39, 0.29) is 5.60 Å². The molecule has 3 nitrogen and oxygen atoms in total. The number of rotatable bonds is 5. The fraction of sp³-hybridized carbons (Fsp3) is 0.765. The second kappa shape index (κ2) is 6.78. The number of thiophene rings is 1. The van der Waals surface area contributed by atoms with E-state index >= 15 is 0 Å². The van der Waals surface area contributed by atoms with E-state index in [9.17, 15) is 0 Å². The largest absolute Gasteiger partial charge is 0.373 e. The van der Waals surface area contributed by atoms with Crippen LogP contribution in [0.5, 0.6) is 0 Å². The number of likely N-dealkylation sites (tertiary alicyclic amines) is 1. The highest BCUT2D eigenvalue weighted by atomic mass is 32.1. The number of hydrogen-bond donors (Lipinski definition) is 0. The molecule has 0 N–H and O–H groups in total. The molecule has 0 saturated carbocycles. The second-order valence-corrected chi connectivity index (χ2v) is 7.27. The van der Waals surface area contributed by atoms with E-state index in [4.69, 9.17) is 4.74 Å². The van der Waals surface area contributed by atoms with Crippen molar-refractivity contribution in [3.8, 4) is 0 Å². The van der Waals surface area contributed by atoms with Crippen LogP contribution >= 0.6 is 11.3 Å². The van der Waals surface area contributed by atoms with Crippen molar-refractivity contribution in [2.24, 2.45) is 0 Å². The van der Waals surface area contributed by atoms with Crippen LogP contribution in [0.3, 0.4) is 0 Å². The van der Waals surface area contributed by atoms with Gasteiger partial charge in [0.1, 0.15) is 0 Å². The molecule has 1 spiro atoms. The number of nitrogens with zero attached hydrogens (tertiary/aromatic N) is 2. The molecule has 0 amide bonds. The van der Waals surface area contributed by atoms with E-state index in [1.165, 1.54) is 31.4 Å². The van der Waals surface area contributed by atoms with Gasteiger partial charge in [-0.2, -0.15) is 11.3 Å². The minimum absolute atomic E-state index is 0.127. The molecule has 3 rings (SSSR count). The normalized spacial score (nSPS) is 30.5. The van der Waals surface area contributed by atoms with E-state index in [0.29, 0.717) is 0 Å². The van der Waals surface area contributed by atoms with Crippen LogP contribution in [0, 0.1) is 0 Å². The first-order chi connectivity index (χ1) is 10.2. The van der Waals surface area contributed by atoms with Crippen LogP contribution in [0.2, 0.25) is 0 Å². The molecule has 2 aliphatic heterocycles. The highest BCUT2D eigenvalue weighted by Crippen LogP contribution is 2.36. The SMILES string of the molecule is CCN(CC)[C@@H]1CCO[C@]2(CCN(Cc3ccsc3)C2)C1. The van der Waals surface area contributed by atoms with Crippen LogP contribution in [0.15, 0.2) is 16.8 Å². The van der Waals surface area contributed by atoms with Gasteiger partial charge < -0.3 is 9.64 Å². The third-order valence-electron chi connectivity index (χ3n) is 5.18. The van der Waals surface area contributed by atoms with Gasteiger partial charge in [-0.3, -0.25) is 4.90 Å². The standard InChI is InChI=1S/C17H28N2OS/c1-3-19(4-2)16-5-9-20-17(11-16)7-8-18(14-17)12-15-6-10-21-13-15/h6,10,13,16H,3-5,7-9,11-12,14H2,1-2H3/t16-,17-/m1/s1. The Morgan fingerprint density at radius 1 is 1.43 bits per heavy atom. The van der Waals surface area contributed by atoms with Crippen LogP contribution in [-0.4, -0.2) is 54.2 Å². The van der Waals surface area contributed by atoms with Crippen molar-refractivity contribution in [3.63, 3.8) is 0 Å². The van der Waals surface area contributed by atoms with Gasteiger partial charge in [0.2, 0.25) is 0 Å². The molecule has 0 aromatic carbocycles. The van der Waals surface area contributed by atoms with Crippen LogP contribution in [-0.2, 0) is 11.3 Å². The summed E-state index contributed by atoms with van der Waals surface area (Å²) in [5.74, 6) is 0. The Morgan fingerprint density at radius 2 is 2.29 bits per heavy atom. The maximum atomic E-state index is 6.28. The third-order valence-corrected chi connectivity index (χ3v) is 5.91. The predicted octanol–water partition coefficient (Wildman–Crippen LogP) is 3.21. The zero-order chi connectivity index (χ0) is 14.7. The van der Waals surface area contributed by atoms with Crippen LogP contribution < -0.4 is 0 Å². The molecular formula is C17H28N2OS. The predicted molar refractivity (Wildman–Crippen MR) is 88.8 cm³/mol. The Labute approximate surface area is 132 Å². The Hall–Kier alpha value is -0.420. The van der Waals surface area contributed by atoms with Crippen molar-refractivity contribution in [1.29, 1.82) is 0 Å². The first-order valence-corrected chi connectivity index (χ1v) is 9.30. The molecule has 1 aromatic heterocycles. The summed E-state index contributed by atoms with van der Waals surface area (Å²) in [5.41, 5.74) is 1.58. The first-order valence-electron chi connectivity index (χ1n) is 8.36. The summed E-state index contributed by atoms with van der Waals surface area (Å²) < 4.78 is 6.28. The molecular weight excluding hydrogens is 280 g/mol. The molecule has 4 heteroatoms. The zero-order valence-electron chi connectivity index (χ0n) is 13.4. The molecule has 3 heterocycles. The molecule has 118 valence electrons. The van der Waals surface area contributed by atoms with Crippen molar-refractivity contribution in [3.05, 3.63) is 22.4 Å². The molecule has 0 radical (unpaired) electrons. The van der Waals surface area contributed by atoms with Gasteiger partial charge in [-0.25, -0.2) is 0 Å². The van der Waals surface area contributed by atoms with E-state index in [2.05, 4.69) is 40.5 Å². The zero-order valence-corrected chi connectivity index (χ0v) is 14.2. The minimum Gasteiger partial charge on any atom is -0.373 e. The summed E-state index contributed by atoms with van der Waals surface area (Å²) >= 11 is 1.80. The minimum atomic E-state index is 0.127. The topological polar surface area (TPSA) is 15.7 Å². The quantitative estimate of drug-likeness (QED) is 0.831. The van der Waals surface area contributed by atoms with E-state index in [0.717, 1.165) is 38.8 Å². The molecule has 0 bridgehead atoms. The molecule has 2 aliphatic rings. The Balaban J connectivity index is 1.60. The van der Waals surface area contributed by atoms with E-state index in [1.54, 1.807) is 11.3 Å². The second-order valence-electron chi connectivity index (χ2n) is 6.49. The molecule has 21 heavy (non-hydrogen) atoms. The number of hydrogen-bond acceptors (Lipinski definition) is 4. The summed E-state index contributed by atoms with van der Waals surface area (Å²) in [6.45, 7) is 11.2. The van der Waals surface area contributed by atoms with Gasteiger partial charge in [0.25, 0.3) is 0 Å². The lowest BCUT2D eigenvalue weighted by atomic mass is 9.88. The summed E-state index contributed by atoms with van der Waals surface area (Å²) in [7, 11) is 0. The van der Waals surface area contributed by atoms with E-state index < -0.39 is 0 Å². The van der Waals surface area contributed by atoms with Crippen molar-refractivity contribution in [2.75, 3.05) is 32.8 Å². The number of ether oxygens (including phenoxy) is 1. The fourth-order valence-electron chi connectivity index (χ4n) is 4.04. The van der Waals surface area contributed by atoms with Crippen LogP contribution in [0.25, 0.3) is 0 Å². The third kappa shape index (κ3) is 3.50. The van der Waals surface area contributed by atoms with E-state index in [1.807, 2.05) is 0 Å². The van der Waals surface area contributed by atoms with Gasteiger partial charge in [0, 0.05) is 32.3 Å². The molecule has 2 atom stereocenters. The summed E-state index contributed by atoms with van der Waals surface area (Å²) in [4.78, 5) is 5.19. The first kappa shape index (κ1) is 15.5. The maximum Gasteiger partial charge on any atom is 0.0835 e. The van der Waals surface area contributed by atoms with Gasteiger partial charge in [-0.15, -0.1) is 0 Å². The maximum absolute atomic E-state index is 6.28. The van der Waals surface area contributed by atoms with Gasteiger partial charge in [0.05, 0.1) is 5.60 Å². The van der Waals surface area contributed by atoms with Gasteiger partial charge in [-0.05, 0) is 54.7 Å². The van der Waals surface area contributed by atoms with Crippen molar-refractivity contribution in [2.45, 2.75) is 51.3 Å². The lowest BCUT2D eigenvalue weighted by Gasteiger charge is -2.42. The highest BCUT2D eigenvalue weighted by molar-refractivity contribution is 7.07. The van der Waals surface area contributed by atoms with Gasteiger partial charge in [-0.1, -0.05) is 13.8 Å². The summed E-state index contributed by atoms with van der Waals surface area (Å²) in [5, 5.41) is 4.44. The highest BCUT2D eigenvalue weighted by Gasteiger charge is 2.43. The molecule has 1 aromatic rings. The van der Waals surface area contributed by atoms with Crippen LogP contribution in [0.4, 0.5) is 0 Å². The monoisotopic (exact) mass is 308 g/mol. The molecule has 2 fully saturated rings. The van der Waals surface area contributed by atoms with Gasteiger partial charge >= 0.3 is 0 Å². The van der Waals surface area contributed by atoms with Crippen molar-refractivity contribution < 1.29 is 4.74 Å². The lowest BCUT2D eigenvalue weighted by Crippen LogP contribution is -2.50. The molecule has 0 unspecified atom stereocenters. The van der Waals surface area contributed by atoms with Crippen LogP contribution in [0.1, 0.15) is 38.7 Å². The molecule has 0 aliphatic carbocycles. The van der Waals surface area contributed by atoms with Crippen molar-refractivity contribution in [1.82, 2.24) is 9.80 Å². The Morgan fingerprint density at radius 3 is 3.00 bits per heavy atom. The lowest BCUT2D eigenvalue weighted by molar-refractivity contribution is -0.0975. The average Bonchev–Trinajstić information content (AvgIpc) is 3.12. The summed E-state index contributed by atoms with van der Waals surface area (Å²) in [6.07, 6.45) is 3.62. The Kier molecular flexibility index (Phi) is 4.99.